The van der Waals surface area contributed by atoms with Gasteiger partial charge < -0.3 is 0 Å². The second-order valence-corrected chi connectivity index (χ2v) is 5.04. The summed E-state index contributed by atoms with van der Waals surface area (Å²) in [6.45, 7) is 9.09. The summed E-state index contributed by atoms with van der Waals surface area (Å²) in [5.41, 5.74) is 0. The van der Waals surface area contributed by atoms with Gasteiger partial charge in [0, 0.05) is 7.93 Å². The van der Waals surface area contributed by atoms with Crippen molar-refractivity contribution in [3.8, 4) is 0 Å². The van der Waals surface area contributed by atoms with Crippen molar-refractivity contribution in [1.29, 1.82) is 0 Å². The molecule has 0 bridgehead atoms. The van der Waals surface area contributed by atoms with Crippen LogP contribution in [0.2, 0.25) is 0 Å². The number of rotatable bonds is 6. The van der Waals surface area contributed by atoms with E-state index in [2.05, 4.69) is 36.8 Å². The molecule has 62 valence electrons. The van der Waals surface area contributed by atoms with E-state index in [1.807, 2.05) is 0 Å². The lowest BCUT2D eigenvalue weighted by molar-refractivity contribution is 0.522. The Labute approximate surface area is 70.5 Å². The highest BCUT2D eigenvalue weighted by Gasteiger charge is 1.96. The number of nitrogens with zero attached hydrogens (tertiary/aromatic N) is 1. The van der Waals surface area contributed by atoms with Crippen molar-refractivity contribution in [3.05, 3.63) is 0 Å². The van der Waals surface area contributed by atoms with E-state index in [0.29, 0.717) is 0 Å². The smallest absolute Gasteiger partial charge is 0.01000 e. The molecule has 0 aromatic heterocycles. The topological polar surface area (TPSA) is 3.24 Å². The van der Waals surface area contributed by atoms with Gasteiger partial charge >= 0.3 is 0 Å². The molecule has 10 heavy (non-hydrogen) atoms. The molecule has 0 aliphatic carbocycles. The van der Waals surface area contributed by atoms with E-state index in [-0.39, 0.29) is 0 Å². The fourth-order valence-corrected chi connectivity index (χ4v) is 3.54. The normalized spacial score (nSPS) is 12.0. The van der Waals surface area contributed by atoms with Gasteiger partial charge in [-0.25, -0.2) is 0 Å². The van der Waals surface area contributed by atoms with Crippen molar-refractivity contribution in [1.82, 2.24) is 4.67 Å². The molecule has 1 unspecified atom stereocenters. The third kappa shape index (κ3) is 5.52. The van der Waals surface area contributed by atoms with Crippen LogP contribution in [0.1, 0.15) is 27.2 Å². The van der Waals surface area contributed by atoms with Gasteiger partial charge in [-0.05, 0) is 25.3 Å². The molecule has 1 atom stereocenters. The summed E-state index contributed by atoms with van der Waals surface area (Å²) < 4.78 is 2.47. The van der Waals surface area contributed by atoms with Crippen LogP contribution in [0.15, 0.2) is 0 Å². The van der Waals surface area contributed by atoms with Gasteiger partial charge in [-0.2, -0.15) is 0 Å². The van der Waals surface area contributed by atoms with Gasteiger partial charge in [-0.1, -0.05) is 20.8 Å². The Morgan fingerprint density at radius 1 is 1.20 bits per heavy atom. The Hall–Kier alpha value is 0.740. The largest absolute Gasteiger partial charge is 0.277 e. The molecule has 0 N–H and O–H groups in total. The summed E-state index contributed by atoms with van der Waals surface area (Å²) in [6, 6.07) is 0. The summed E-state index contributed by atoms with van der Waals surface area (Å²) in [4.78, 5) is 0. The minimum absolute atomic E-state index is 0.980. The van der Waals surface area contributed by atoms with Crippen molar-refractivity contribution in [3.63, 3.8) is 0 Å². The molecule has 0 aromatic rings. The van der Waals surface area contributed by atoms with Crippen molar-refractivity contribution in [2.24, 2.45) is 0 Å². The Morgan fingerprint density at radius 2 is 1.80 bits per heavy atom. The van der Waals surface area contributed by atoms with Crippen molar-refractivity contribution in [2.45, 2.75) is 27.2 Å². The van der Waals surface area contributed by atoms with Crippen LogP contribution in [-0.2, 0) is 0 Å². The van der Waals surface area contributed by atoms with Gasteiger partial charge in [0.15, 0.2) is 0 Å². The Bertz CT molecular complexity index is 66.6. The number of hydrogen-bond donors (Lipinski definition) is 0. The lowest BCUT2D eigenvalue weighted by Gasteiger charge is -2.16. The van der Waals surface area contributed by atoms with E-state index in [4.69, 9.17) is 0 Å². The summed E-state index contributed by atoms with van der Waals surface area (Å²) in [6.07, 6.45) is 1.30. The van der Waals surface area contributed by atoms with E-state index < -0.39 is 0 Å². The Kier molecular flexibility index (Phi) is 8.42. The average Bonchev–Trinajstić information content (AvgIpc) is 1.99. The minimum atomic E-state index is 0.980. The van der Waals surface area contributed by atoms with Gasteiger partial charge in [0.25, 0.3) is 0 Å². The molecule has 0 spiro atoms. The molecule has 0 amide bonds. The van der Waals surface area contributed by atoms with Crippen molar-refractivity contribution >= 4 is 19.3 Å². The average molecular weight is 179 g/mol. The SMILES string of the molecule is CCCSPN(CC)CC. The zero-order valence-corrected chi connectivity index (χ0v) is 9.00. The van der Waals surface area contributed by atoms with Crippen LogP contribution in [0.5, 0.6) is 0 Å². The maximum absolute atomic E-state index is 2.47. The zero-order valence-electron chi connectivity index (χ0n) is 7.18. The summed E-state index contributed by atoms with van der Waals surface area (Å²) in [7, 11) is 0.980. The second kappa shape index (κ2) is 7.84. The molecule has 0 aromatic carbocycles. The van der Waals surface area contributed by atoms with E-state index in [9.17, 15) is 0 Å². The van der Waals surface area contributed by atoms with E-state index in [0.717, 1.165) is 7.93 Å². The Morgan fingerprint density at radius 3 is 2.20 bits per heavy atom. The fraction of sp³-hybridized carbons (Fsp3) is 1.00. The van der Waals surface area contributed by atoms with Gasteiger partial charge in [0.1, 0.15) is 0 Å². The Balaban J connectivity index is 3.09. The van der Waals surface area contributed by atoms with Crippen LogP contribution in [0.25, 0.3) is 0 Å². The molecule has 0 aliphatic heterocycles. The van der Waals surface area contributed by atoms with Gasteiger partial charge in [0.05, 0.1) is 0 Å². The third-order valence-electron chi connectivity index (χ3n) is 1.26. The molecular formula is C7H18NPS. The molecule has 0 rings (SSSR count). The monoisotopic (exact) mass is 179 g/mol. The first kappa shape index (κ1) is 10.7. The summed E-state index contributed by atoms with van der Waals surface area (Å²) in [5.74, 6) is 1.31. The van der Waals surface area contributed by atoms with Gasteiger partial charge in [-0.15, -0.1) is 11.4 Å². The van der Waals surface area contributed by atoms with Crippen LogP contribution in [0.4, 0.5) is 0 Å². The molecule has 0 fully saturated rings. The molecule has 0 aliphatic rings. The standard InChI is InChI=1S/C7H18NPS/c1-4-7-10-9-8(5-2)6-3/h9H,4-7H2,1-3H3. The summed E-state index contributed by atoms with van der Waals surface area (Å²) >= 11 is 2.06. The van der Waals surface area contributed by atoms with Crippen molar-refractivity contribution in [2.75, 3.05) is 18.8 Å². The first-order valence-electron chi connectivity index (χ1n) is 3.97. The van der Waals surface area contributed by atoms with Crippen LogP contribution < -0.4 is 0 Å². The highest BCUT2D eigenvalue weighted by atomic mass is 32.7. The van der Waals surface area contributed by atoms with Crippen LogP contribution in [-0.4, -0.2) is 23.5 Å². The predicted octanol–water partition coefficient (Wildman–Crippen LogP) is 2.98. The highest BCUT2D eigenvalue weighted by Crippen LogP contribution is 2.33. The fourth-order valence-electron chi connectivity index (χ4n) is 0.592. The maximum Gasteiger partial charge on any atom is 0.01000 e. The molecule has 3 heteroatoms. The van der Waals surface area contributed by atoms with Crippen LogP contribution >= 0.6 is 19.3 Å². The van der Waals surface area contributed by atoms with E-state index in [1.54, 1.807) is 0 Å². The lowest BCUT2D eigenvalue weighted by Crippen LogP contribution is -2.10. The molecule has 0 radical (unpaired) electrons. The molecule has 0 saturated carbocycles. The molecule has 0 heterocycles. The lowest BCUT2D eigenvalue weighted by atomic mass is 10.6. The maximum atomic E-state index is 2.47. The van der Waals surface area contributed by atoms with E-state index in [1.165, 1.54) is 25.3 Å². The van der Waals surface area contributed by atoms with E-state index >= 15 is 0 Å². The molecular weight excluding hydrogens is 161 g/mol. The quantitative estimate of drug-likeness (QED) is 0.455. The van der Waals surface area contributed by atoms with Crippen LogP contribution in [0.3, 0.4) is 0 Å². The van der Waals surface area contributed by atoms with Crippen molar-refractivity contribution < 1.29 is 0 Å². The first-order valence-corrected chi connectivity index (χ1v) is 6.63. The molecule has 0 saturated heterocycles. The number of hydrogen-bond acceptors (Lipinski definition) is 2. The first-order chi connectivity index (χ1) is 4.85. The minimum Gasteiger partial charge on any atom is -0.277 e. The predicted molar refractivity (Wildman–Crippen MR) is 54.0 cm³/mol. The second-order valence-electron chi connectivity index (χ2n) is 2.11. The highest BCUT2D eigenvalue weighted by molar-refractivity contribution is 8.48. The summed E-state index contributed by atoms with van der Waals surface area (Å²) in [5, 5.41) is 0. The van der Waals surface area contributed by atoms with Gasteiger partial charge in [-0.3, -0.25) is 4.67 Å². The van der Waals surface area contributed by atoms with Gasteiger partial charge in [0.2, 0.25) is 0 Å². The third-order valence-corrected chi connectivity index (χ3v) is 4.67. The molecule has 1 nitrogen and oxygen atoms in total. The zero-order chi connectivity index (χ0) is 7.82. The van der Waals surface area contributed by atoms with Crippen LogP contribution in [0, 0.1) is 0 Å².